The average molecular weight is 339 g/mol. The molecule has 1 aromatic rings. The van der Waals surface area contributed by atoms with Gasteiger partial charge < -0.3 is 15.0 Å². The standard InChI is InChI=1S/C15H21N3O4S/c1-16-23(20,21)13-3-2-11-4-6-18(14(11)9-13)15(19)8-12-10-22-7-5-17-12/h2-3,9,12,16-17H,4-8,10H2,1H3. The van der Waals surface area contributed by atoms with Crippen molar-refractivity contribution in [3.05, 3.63) is 23.8 Å². The Morgan fingerprint density at radius 3 is 3.00 bits per heavy atom. The van der Waals surface area contributed by atoms with E-state index in [1.165, 1.54) is 7.05 Å². The molecule has 1 unspecified atom stereocenters. The monoisotopic (exact) mass is 339 g/mol. The molecule has 23 heavy (non-hydrogen) atoms. The number of amides is 1. The lowest BCUT2D eigenvalue weighted by molar-refractivity contribution is -0.119. The molecular formula is C15H21N3O4S. The number of nitrogens with zero attached hydrogens (tertiary/aromatic N) is 1. The molecule has 0 aliphatic carbocycles. The minimum atomic E-state index is -3.52. The van der Waals surface area contributed by atoms with Gasteiger partial charge in [-0.2, -0.15) is 0 Å². The van der Waals surface area contributed by atoms with Crippen LogP contribution in [0.1, 0.15) is 12.0 Å². The highest BCUT2D eigenvalue weighted by Crippen LogP contribution is 2.31. The number of morpholine rings is 1. The van der Waals surface area contributed by atoms with E-state index in [0.717, 1.165) is 18.5 Å². The van der Waals surface area contributed by atoms with Crippen molar-refractivity contribution in [1.29, 1.82) is 0 Å². The Kier molecular flexibility index (Phi) is 4.67. The zero-order valence-corrected chi connectivity index (χ0v) is 13.9. The Labute approximate surface area is 136 Å². The van der Waals surface area contributed by atoms with Crippen LogP contribution in [0.2, 0.25) is 0 Å². The maximum absolute atomic E-state index is 12.6. The zero-order chi connectivity index (χ0) is 16.4. The van der Waals surface area contributed by atoms with Crippen molar-refractivity contribution in [2.75, 3.05) is 38.3 Å². The predicted molar refractivity (Wildman–Crippen MR) is 86.0 cm³/mol. The summed E-state index contributed by atoms with van der Waals surface area (Å²) >= 11 is 0. The molecule has 0 spiro atoms. The molecular weight excluding hydrogens is 318 g/mol. The second-order valence-corrected chi connectivity index (χ2v) is 7.61. The van der Waals surface area contributed by atoms with Crippen molar-refractivity contribution >= 4 is 21.6 Å². The third kappa shape index (κ3) is 3.40. The van der Waals surface area contributed by atoms with Gasteiger partial charge in [0.2, 0.25) is 15.9 Å². The third-order valence-electron chi connectivity index (χ3n) is 4.25. The summed E-state index contributed by atoms with van der Waals surface area (Å²) in [5.74, 6) is -0.00856. The number of anilines is 1. The number of carbonyl (C=O) groups is 1. The number of nitrogens with one attached hydrogen (secondary N) is 2. The molecule has 1 fully saturated rings. The number of rotatable bonds is 4. The van der Waals surface area contributed by atoms with Gasteiger partial charge in [-0.25, -0.2) is 13.1 Å². The van der Waals surface area contributed by atoms with Crippen LogP contribution in [0.5, 0.6) is 0 Å². The Morgan fingerprint density at radius 1 is 1.48 bits per heavy atom. The van der Waals surface area contributed by atoms with E-state index in [0.29, 0.717) is 31.9 Å². The molecule has 3 rings (SSSR count). The summed E-state index contributed by atoms with van der Waals surface area (Å²) in [6.45, 7) is 2.53. The lowest BCUT2D eigenvalue weighted by Crippen LogP contribution is -2.45. The van der Waals surface area contributed by atoms with Crippen LogP contribution in [-0.4, -0.2) is 53.7 Å². The Balaban J connectivity index is 1.79. The molecule has 0 saturated carbocycles. The molecule has 0 bridgehead atoms. The van der Waals surface area contributed by atoms with Gasteiger partial charge in [0.15, 0.2) is 0 Å². The van der Waals surface area contributed by atoms with E-state index in [9.17, 15) is 13.2 Å². The number of carbonyl (C=O) groups excluding carboxylic acids is 1. The van der Waals surface area contributed by atoms with Gasteiger partial charge in [0.25, 0.3) is 0 Å². The lowest BCUT2D eigenvalue weighted by Gasteiger charge is -2.26. The van der Waals surface area contributed by atoms with Gasteiger partial charge in [0.1, 0.15) is 0 Å². The molecule has 1 amide bonds. The summed E-state index contributed by atoms with van der Waals surface area (Å²) < 4.78 is 31.6. The molecule has 1 saturated heterocycles. The summed E-state index contributed by atoms with van der Waals surface area (Å²) in [5, 5.41) is 3.26. The molecule has 0 radical (unpaired) electrons. The van der Waals surface area contributed by atoms with Crippen molar-refractivity contribution in [3.63, 3.8) is 0 Å². The number of ether oxygens (including phenoxy) is 1. The highest BCUT2D eigenvalue weighted by atomic mass is 32.2. The van der Waals surface area contributed by atoms with Crippen LogP contribution in [-0.2, 0) is 26.0 Å². The molecule has 2 heterocycles. The van der Waals surface area contributed by atoms with Crippen molar-refractivity contribution in [2.24, 2.45) is 0 Å². The molecule has 0 aromatic heterocycles. The predicted octanol–water partition coefficient (Wildman–Crippen LogP) is -0.138. The third-order valence-corrected chi connectivity index (χ3v) is 5.66. The van der Waals surface area contributed by atoms with E-state index in [4.69, 9.17) is 4.74 Å². The van der Waals surface area contributed by atoms with Crippen LogP contribution < -0.4 is 14.9 Å². The molecule has 1 atom stereocenters. The van der Waals surface area contributed by atoms with E-state index >= 15 is 0 Å². The largest absolute Gasteiger partial charge is 0.378 e. The van der Waals surface area contributed by atoms with Crippen LogP contribution in [0.4, 0.5) is 5.69 Å². The van der Waals surface area contributed by atoms with Crippen LogP contribution in [0.3, 0.4) is 0 Å². The SMILES string of the molecule is CNS(=O)(=O)c1ccc2c(c1)N(C(=O)CC1COCCN1)CC2. The van der Waals surface area contributed by atoms with Crippen LogP contribution in [0, 0.1) is 0 Å². The minimum absolute atomic E-state index is 0.00856. The van der Waals surface area contributed by atoms with E-state index < -0.39 is 10.0 Å². The Morgan fingerprint density at radius 2 is 2.30 bits per heavy atom. The normalized spacial score (nSPS) is 21.3. The highest BCUT2D eigenvalue weighted by Gasteiger charge is 2.28. The molecule has 2 aliphatic heterocycles. The summed E-state index contributed by atoms with van der Waals surface area (Å²) in [7, 11) is -2.14. The number of benzene rings is 1. The number of sulfonamides is 1. The van der Waals surface area contributed by atoms with E-state index in [2.05, 4.69) is 10.0 Å². The second kappa shape index (κ2) is 6.56. The smallest absolute Gasteiger partial charge is 0.240 e. The quantitative estimate of drug-likeness (QED) is 0.797. The van der Waals surface area contributed by atoms with Crippen LogP contribution >= 0.6 is 0 Å². The summed E-state index contributed by atoms with van der Waals surface area (Å²) in [6, 6.07) is 4.96. The van der Waals surface area contributed by atoms with Gasteiger partial charge in [-0.15, -0.1) is 0 Å². The molecule has 1 aromatic carbocycles. The van der Waals surface area contributed by atoms with Crippen molar-refractivity contribution in [1.82, 2.24) is 10.0 Å². The fourth-order valence-electron chi connectivity index (χ4n) is 2.97. The number of hydrogen-bond donors (Lipinski definition) is 2. The first kappa shape index (κ1) is 16.4. The van der Waals surface area contributed by atoms with Gasteiger partial charge in [-0.1, -0.05) is 6.07 Å². The van der Waals surface area contributed by atoms with Gasteiger partial charge in [0.05, 0.1) is 18.1 Å². The summed E-state index contributed by atoms with van der Waals surface area (Å²) in [4.78, 5) is 14.4. The molecule has 2 N–H and O–H groups in total. The fraction of sp³-hybridized carbons (Fsp3) is 0.533. The first-order chi connectivity index (χ1) is 11.0. The van der Waals surface area contributed by atoms with Gasteiger partial charge in [-0.3, -0.25) is 4.79 Å². The molecule has 7 nitrogen and oxygen atoms in total. The minimum Gasteiger partial charge on any atom is -0.378 e. The van der Waals surface area contributed by atoms with E-state index in [-0.39, 0.29) is 16.8 Å². The first-order valence-corrected chi connectivity index (χ1v) is 9.17. The van der Waals surface area contributed by atoms with Crippen molar-refractivity contribution in [3.8, 4) is 0 Å². The Bertz CT molecular complexity index is 699. The van der Waals surface area contributed by atoms with Gasteiger partial charge >= 0.3 is 0 Å². The number of hydrogen-bond acceptors (Lipinski definition) is 5. The van der Waals surface area contributed by atoms with Gasteiger partial charge in [-0.05, 0) is 31.2 Å². The highest BCUT2D eigenvalue weighted by molar-refractivity contribution is 7.89. The van der Waals surface area contributed by atoms with Crippen molar-refractivity contribution in [2.45, 2.75) is 23.8 Å². The topological polar surface area (TPSA) is 87.7 Å². The summed E-state index contributed by atoms with van der Waals surface area (Å²) in [5.41, 5.74) is 1.70. The maximum atomic E-state index is 12.6. The fourth-order valence-corrected chi connectivity index (χ4v) is 3.72. The maximum Gasteiger partial charge on any atom is 0.240 e. The van der Waals surface area contributed by atoms with Crippen LogP contribution in [0.25, 0.3) is 0 Å². The average Bonchev–Trinajstić information content (AvgIpc) is 2.99. The second-order valence-electron chi connectivity index (χ2n) is 5.72. The zero-order valence-electron chi connectivity index (χ0n) is 13.0. The number of fused-ring (bicyclic) bond motifs is 1. The van der Waals surface area contributed by atoms with Crippen LogP contribution in [0.15, 0.2) is 23.1 Å². The molecule has 8 heteroatoms. The Hall–Kier alpha value is -1.48. The first-order valence-electron chi connectivity index (χ1n) is 7.69. The van der Waals surface area contributed by atoms with E-state index in [1.807, 2.05) is 0 Å². The van der Waals surface area contributed by atoms with E-state index in [1.54, 1.807) is 23.1 Å². The molecule has 126 valence electrons. The molecule has 2 aliphatic rings. The van der Waals surface area contributed by atoms with Crippen molar-refractivity contribution < 1.29 is 17.9 Å². The van der Waals surface area contributed by atoms with Gasteiger partial charge in [0, 0.05) is 31.2 Å². The summed E-state index contributed by atoms with van der Waals surface area (Å²) in [6.07, 6.45) is 1.10. The lowest BCUT2D eigenvalue weighted by atomic mass is 10.1.